The van der Waals surface area contributed by atoms with Gasteiger partial charge in [0.2, 0.25) is 5.95 Å². The first-order chi connectivity index (χ1) is 9.72. The molecule has 1 atom stereocenters. The number of nitrogens with one attached hydrogen (secondary N) is 1. The lowest BCUT2D eigenvalue weighted by Crippen LogP contribution is -2.36. The van der Waals surface area contributed by atoms with Gasteiger partial charge in [0.05, 0.1) is 0 Å². The minimum Gasteiger partial charge on any atom is -0.396 e. The fourth-order valence-electron chi connectivity index (χ4n) is 2.65. The predicted octanol–water partition coefficient (Wildman–Crippen LogP) is 1.48. The van der Waals surface area contributed by atoms with Crippen molar-refractivity contribution < 1.29 is 5.11 Å². The summed E-state index contributed by atoms with van der Waals surface area (Å²) in [6.45, 7) is 5.18. The molecule has 2 rings (SSSR count). The van der Waals surface area contributed by atoms with Gasteiger partial charge < -0.3 is 21.1 Å². The third kappa shape index (κ3) is 3.96. The van der Waals surface area contributed by atoms with E-state index in [0.717, 1.165) is 50.5 Å². The van der Waals surface area contributed by atoms with Crippen LogP contribution in [0.25, 0.3) is 0 Å². The zero-order chi connectivity index (χ0) is 14.4. The number of nitrogens with two attached hydrogens (primary N) is 1. The van der Waals surface area contributed by atoms with Crippen LogP contribution in [-0.4, -0.2) is 41.3 Å². The van der Waals surface area contributed by atoms with Gasteiger partial charge in [-0.05, 0) is 31.6 Å². The molecule has 6 nitrogen and oxygen atoms in total. The lowest BCUT2D eigenvalue weighted by molar-refractivity contribution is 0.244. The van der Waals surface area contributed by atoms with Gasteiger partial charge in [-0.3, -0.25) is 0 Å². The number of piperidine rings is 1. The number of aliphatic hydroxyl groups excluding tert-OH is 1. The third-order valence-corrected chi connectivity index (χ3v) is 3.67. The van der Waals surface area contributed by atoms with Crippen molar-refractivity contribution in [1.82, 2.24) is 9.97 Å². The molecule has 1 fully saturated rings. The molecule has 1 unspecified atom stereocenters. The van der Waals surface area contributed by atoms with Crippen molar-refractivity contribution in [2.24, 2.45) is 5.92 Å². The highest BCUT2D eigenvalue weighted by molar-refractivity contribution is 5.52. The van der Waals surface area contributed by atoms with E-state index in [-0.39, 0.29) is 6.61 Å². The normalized spacial score (nSPS) is 19.1. The van der Waals surface area contributed by atoms with E-state index >= 15 is 0 Å². The molecular formula is C14H25N5O. The van der Waals surface area contributed by atoms with E-state index in [0.29, 0.717) is 11.9 Å². The molecule has 20 heavy (non-hydrogen) atoms. The van der Waals surface area contributed by atoms with Crippen LogP contribution >= 0.6 is 0 Å². The molecule has 0 aliphatic carbocycles. The van der Waals surface area contributed by atoms with E-state index in [1.165, 1.54) is 6.42 Å². The minimum atomic E-state index is 0.258. The summed E-state index contributed by atoms with van der Waals surface area (Å²) in [4.78, 5) is 10.8. The Balaban J connectivity index is 2.08. The van der Waals surface area contributed by atoms with Crippen molar-refractivity contribution in [3.8, 4) is 0 Å². The molecule has 1 aromatic heterocycles. The Morgan fingerprint density at radius 3 is 3.10 bits per heavy atom. The van der Waals surface area contributed by atoms with Crippen LogP contribution in [0.2, 0.25) is 0 Å². The fourth-order valence-corrected chi connectivity index (χ4v) is 2.65. The van der Waals surface area contributed by atoms with Gasteiger partial charge in [0, 0.05) is 32.3 Å². The monoisotopic (exact) mass is 279 g/mol. The summed E-state index contributed by atoms with van der Waals surface area (Å²) in [6.07, 6.45) is 4.21. The first-order valence-corrected chi connectivity index (χ1v) is 7.47. The van der Waals surface area contributed by atoms with Gasteiger partial charge in [0.25, 0.3) is 0 Å². The molecule has 0 amide bonds. The molecule has 0 spiro atoms. The highest BCUT2D eigenvalue weighted by Gasteiger charge is 2.21. The van der Waals surface area contributed by atoms with E-state index in [4.69, 9.17) is 10.8 Å². The SMILES string of the molecule is CCCNc1cc(N2CCCC(CCO)C2)nc(N)n1. The Kier molecular flexibility index (Phi) is 5.40. The Labute approximate surface area is 120 Å². The summed E-state index contributed by atoms with van der Waals surface area (Å²) in [5.41, 5.74) is 5.80. The van der Waals surface area contributed by atoms with Crippen molar-refractivity contribution in [2.75, 3.05) is 42.2 Å². The molecule has 1 aliphatic heterocycles. The highest BCUT2D eigenvalue weighted by Crippen LogP contribution is 2.25. The molecule has 1 aromatic rings. The molecular weight excluding hydrogens is 254 g/mol. The van der Waals surface area contributed by atoms with Crippen molar-refractivity contribution >= 4 is 17.6 Å². The molecule has 2 heterocycles. The maximum Gasteiger partial charge on any atom is 0.223 e. The second-order valence-electron chi connectivity index (χ2n) is 5.36. The van der Waals surface area contributed by atoms with Crippen LogP contribution in [0.1, 0.15) is 32.6 Å². The van der Waals surface area contributed by atoms with Gasteiger partial charge in [-0.25, -0.2) is 0 Å². The zero-order valence-electron chi connectivity index (χ0n) is 12.2. The molecule has 4 N–H and O–H groups in total. The molecule has 0 bridgehead atoms. The average molecular weight is 279 g/mol. The van der Waals surface area contributed by atoms with Gasteiger partial charge in [-0.2, -0.15) is 9.97 Å². The Hall–Kier alpha value is -1.56. The largest absolute Gasteiger partial charge is 0.396 e. The van der Waals surface area contributed by atoms with Gasteiger partial charge in [0.1, 0.15) is 11.6 Å². The van der Waals surface area contributed by atoms with E-state index in [1.807, 2.05) is 6.07 Å². The zero-order valence-corrected chi connectivity index (χ0v) is 12.2. The van der Waals surface area contributed by atoms with E-state index in [9.17, 15) is 0 Å². The molecule has 0 aromatic carbocycles. The number of nitrogen functional groups attached to an aromatic ring is 1. The van der Waals surface area contributed by atoms with Crippen LogP contribution in [0.5, 0.6) is 0 Å². The summed E-state index contributed by atoms with van der Waals surface area (Å²) < 4.78 is 0. The Bertz CT molecular complexity index is 424. The number of hydrogen-bond donors (Lipinski definition) is 3. The van der Waals surface area contributed by atoms with Crippen LogP contribution in [0.15, 0.2) is 6.07 Å². The summed E-state index contributed by atoms with van der Waals surface area (Å²) in [5.74, 6) is 2.53. The van der Waals surface area contributed by atoms with E-state index in [1.54, 1.807) is 0 Å². The first-order valence-electron chi connectivity index (χ1n) is 7.47. The highest BCUT2D eigenvalue weighted by atomic mass is 16.3. The van der Waals surface area contributed by atoms with E-state index in [2.05, 4.69) is 27.1 Å². The minimum absolute atomic E-state index is 0.258. The molecule has 0 saturated carbocycles. The second kappa shape index (κ2) is 7.28. The Morgan fingerprint density at radius 1 is 1.50 bits per heavy atom. The number of nitrogens with zero attached hydrogens (tertiary/aromatic N) is 3. The van der Waals surface area contributed by atoms with Crippen molar-refractivity contribution in [3.63, 3.8) is 0 Å². The summed E-state index contributed by atoms with van der Waals surface area (Å²) >= 11 is 0. The van der Waals surface area contributed by atoms with Crippen LogP contribution in [0.3, 0.4) is 0 Å². The molecule has 112 valence electrons. The number of aromatic nitrogens is 2. The van der Waals surface area contributed by atoms with Crippen LogP contribution in [0, 0.1) is 5.92 Å². The summed E-state index contributed by atoms with van der Waals surface area (Å²) in [5, 5.41) is 12.3. The third-order valence-electron chi connectivity index (χ3n) is 3.67. The second-order valence-corrected chi connectivity index (χ2v) is 5.36. The maximum atomic E-state index is 9.09. The first kappa shape index (κ1) is 14.8. The lowest BCUT2D eigenvalue weighted by Gasteiger charge is -2.33. The molecule has 6 heteroatoms. The van der Waals surface area contributed by atoms with Crippen molar-refractivity contribution in [3.05, 3.63) is 6.07 Å². The Morgan fingerprint density at radius 2 is 2.35 bits per heavy atom. The van der Waals surface area contributed by atoms with Gasteiger partial charge in [0.15, 0.2) is 0 Å². The summed E-state index contributed by atoms with van der Waals surface area (Å²) in [7, 11) is 0. The quantitative estimate of drug-likeness (QED) is 0.731. The average Bonchev–Trinajstić information content (AvgIpc) is 2.45. The topological polar surface area (TPSA) is 87.3 Å². The van der Waals surface area contributed by atoms with Gasteiger partial charge in [-0.1, -0.05) is 6.92 Å². The number of aliphatic hydroxyl groups is 1. The van der Waals surface area contributed by atoms with Crippen LogP contribution < -0.4 is 16.0 Å². The summed E-state index contributed by atoms with van der Waals surface area (Å²) in [6, 6.07) is 1.97. The molecule has 0 radical (unpaired) electrons. The van der Waals surface area contributed by atoms with Gasteiger partial charge in [-0.15, -0.1) is 0 Å². The molecule has 1 aliphatic rings. The smallest absolute Gasteiger partial charge is 0.223 e. The van der Waals surface area contributed by atoms with Crippen molar-refractivity contribution in [1.29, 1.82) is 0 Å². The van der Waals surface area contributed by atoms with E-state index < -0.39 is 0 Å². The van der Waals surface area contributed by atoms with Crippen LogP contribution in [-0.2, 0) is 0 Å². The van der Waals surface area contributed by atoms with Crippen LogP contribution in [0.4, 0.5) is 17.6 Å². The molecule has 1 saturated heterocycles. The standard InChI is InChI=1S/C14H25N5O/c1-2-6-16-12-9-13(18-14(15)17-12)19-7-3-4-11(10-19)5-8-20/h9,11,20H,2-8,10H2,1H3,(H3,15,16,17,18). The fraction of sp³-hybridized carbons (Fsp3) is 0.714. The number of rotatable bonds is 6. The van der Waals surface area contributed by atoms with Gasteiger partial charge >= 0.3 is 0 Å². The maximum absolute atomic E-state index is 9.09. The number of anilines is 3. The number of hydrogen-bond acceptors (Lipinski definition) is 6. The predicted molar refractivity (Wildman–Crippen MR) is 81.9 cm³/mol. The van der Waals surface area contributed by atoms with Crippen molar-refractivity contribution in [2.45, 2.75) is 32.6 Å². The lowest BCUT2D eigenvalue weighted by atomic mass is 9.95.